The lowest BCUT2D eigenvalue weighted by Gasteiger charge is -2.21. The van der Waals surface area contributed by atoms with E-state index in [1.807, 2.05) is 0 Å². The first kappa shape index (κ1) is 9.26. The average Bonchev–Trinajstić information content (AvgIpc) is 2.97. The molecule has 0 aromatic rings. The van der Waals surface area contributed by atoms with Crippen LogP contribution >= 0.6 is 0 Å². The van der Waals surface area contributed by atoms with Gasteiger partial charge in [0.1, 0.15) is 0 Å². The van der Waals surface area contributed by atoms with E-state index in [0.717, 1.165) is 0 Å². The Labute approximate surface area is 81.6 Å². The van der Waals surface area contributed by atoms with Crippen LogP contribution in [-0.2, 0) is 0 Å². The van der Waals surface area contributed by atoms with Crippen LogP contribution in [-0.4, -0.2) is 12.6 Å². The molecule has 74 valence electrons. The van der Waals surface area contributed by atoms with Gasteiger partial charge in [-0.2, -0.15) is 0 Å². The SMILES string of the molecule is CCC1(CNC2C=CCCC2)CC1. The van der Waals surface area contributed by atoms with Gasteiger partial charge in [-0.15, -0.1) is 0 Å². The molecule has 0 aliphatic heterocycles. The lowest BCUT2D eigenvalue weighted by Crippen LogP contribution is -2.33. The molecule has 2 aliphatic carbocycles. The third-order valence-electron chi connectivity index (χ3n) is 3.70. The predicted octanol–water partition coefficient (Wildman–Crippen LogP) is 2.87. The largest absolute Gasteiger partial charge is 0.310 e. The molecule has 1 atom stereocenters. The maximum Gasteiger partial charge on any atom is 0.0250 e. The minimum Gasteiger partial charge on any atom is -0.310 e. The summed E-state index contributed by atoms with van der Waals surface area (Å²) in [5.74, 6) is 0. The standard InChI is InChI=1S/C12H21N/c1-2-12(8-9-12)10-13-11-6-4-3-5-7-11/h4,6,11,13H,2-3,5,7-10H2,1H3. The first-order valence-electron chi connectivity index (χ1n) is 5.75. The van der Waals surface area contributed by atoms with Crippen molar-refractivity contribution in [3.63, 3.8) is 0 Å². The summed E-state index contributed by atoms with van der Waals surface area (Å²) in [5, 5.41) is 3.69. The van der Waals surface area contributed by atoms with Crippen LogP contribution in [0.2, 0.25) is 0 Å². The van der Waals surface area contributed by atoms with Crippen LogP contribution in [0.25, 0.3) is 0 Å². The van der Waals surface area contributed by atoms with Crippen LogP contribution in [0.15, 0.2) is 12.2 Å². The van der Waals surface area contributed by atoms with Crippen molar-refractivity contribution in [2.75, 3.05) is 6.54 Å². The number of allylic oxidation sites excluding steroid dienone is 1. The lowest BCUT2D eigenvalue weighted by molar-refractivity contribution is 0.407. The Morgan fingerprint density at radius 3 is 2.85 bits per heavy atom. The third kappa shape index (κ3) is 2.34. The zero-order valence-corrected chi connectivity index (χ0v) is 8.68. The van der Waals surface area contributed by atoms with Crippen LogP contribution in [0.1, 0.15) is 45.4 Å². The van der Waals surface area contributed by atoms with E-state index in [9.17, 15) is 0 Å². The predicted molar refractivity (Wildman–Crippen MR) is 56.7 cm³/mol. The van der Waals surface area contributed by atoms with Crippen LogP contribution in [0.5, 0.6) is 0 Å². The van der Waals surface area contributed by atoms with Crippen LogP contribution in [0, 0.1) is 5.41 Å². The van der Waals surface area contributed by atoms with Gasteiger partial charge in [0, 0.05) is 12.6 Å². The first-order chi connectivity index (χ1) is 6.35. The highest BCUT2D eigenvalue weighted by atomic mass is 14.9. The summed E-state index contributed by atoms with van der Waals surface area (Å²) in [6.07, 6.45) is 12.9. The van der Waals surface area contributed by atoms with Gasteiger partial charge < -0.3 is 5.32 Å². The zero-order valence-electron chi connectivity index (χ0n) is 8.68. The lowest BCUT2D eigenvalue weighted by atomic mass is 10.00. The van der Waals surface area contributed by atoms with Crippen LogP contribution in [0.4, 0.5) is 0 Å². The van der Waals surface area contributed by atoms with E-state index in [4.69, 9.17) is 0 Å². The molecule has 1 nitrogen and oxygen atoms in total. The van der Waals surface area contributed by atoms with E-state index in [2.05, 4.69) is 24.4 Å². The van der Waals surface area contributed by atoms with Crippen molar-refractivity contribution >= 4 is 0 Å². The maximum absolute atomic E-state index is 3.69. The van der Waals surface area contributed by atoms with E-state index in [1.54, 1.807) is 0 Å². The highest BCUT2D eigenvalue weighted by Crippen LogP contribution is 2.47. The topological polar surface area (TPSA) is 12.0 Å². The third-order valence-corrected chi connectivity index (χ3v) is 3.70. The second-order valence-electron chi connectivity index (χ2n) is 4.70. The molecule has 1 fully saturated rings. The van der Waals surface area contributed by atoms with Crippen molar-refractivity contribution in [3.05, 3.63) is 12.2 Å². The van der Waals surface area contributed by atoms with Gasteiger partial charge in [0.15, 0.2) is 0 Å². The molecular formula is C12H21N. The van der Waals surface area contributed by atoms with E-state index in [0.29, 0.717) is 11.5 Å². The second-order valence-corrected chi connectivity index (χ2v) is 4.70. The molecular weight excluding hydrogens is 158 g/mol. The Morgan fingerprint density at radius 1 is 1.46 bits per heavy atom. The van der Waals surface area contributed by atoms with Gasteiger partial charge in [-0.05, 0) is 43.9 Å². The molecule has 0 radical (unpaired) electrons. The normalized spacial score (nSPS) is 30.4. The molecule has 2 aliphatic rings. The highest BCUT2D eigenvalue weighted by Gasteiger charge is 2.40. The van der Waals surface area contributed by atoms with Gasteiger partial charge in [-0.25, -0.2) is 0 Å². The monoisotopic (exact) mass is 179 g/mol. The smallest absolute Gasteiger partial charge is 0.0250 e. The van der Waals surface area contributed by atoms with E-state index in [1.165, 1.54) is 45.1 Å². The van der Waals surface area contributed by atoms with Gasteiger partial charge in [0.05, 0.1) is 0 Å². The summed E-state index contributed by atoms with van der Waals surface area (Å²) in [6, 6.07) is 0.678. The highest BCUT2D eigenvalue weighted by molar-refractivity contribution is 5.00. The number of hydrogen-bond donors (Lipinski definition) is 1. The summed E-state index contributed by atoms with van der Waals surface area (Å²) in [6.45, 7) is 3.57. The summed E-state index contributed by atoms with van der Waals surface area (Å²) >= 11 is 0. The van der Waals surface area contributed by atoms with Gasteiger partial charge in [-0.1, -0.05) is 19.1 Å². The van der Waals surface area contributed by atoms with E-state index >= 15 is 0 Å². The molecule has 1 saturated carbocycles. The summed E-state index contributed by atoms with van der Waals surface area (Å²) < 4.78 is 0. The van der Waals surface area contributed by atoms with Crippen molar-refractivity contribution in [3.8, 4) is 0 Å². The van der Waals surface area contributed by atoms with E-state index in [-0.39, 0.29) is 0 Å². The van der Waals surface area contributed by atoms with Crippen molar-refractivity contribution in [1.82, 2.24) is 5.32 Å². The van der Waals surface area contributed by atoms with Crippen molar-refractivity contribution in [2.45, 2.75) is 51.5 Å². The van der Waals surface area contributed by atoms with E-state index < -0.39 is 0 Å². The Bertz CT molecular complexity index is 191. The molecule has 2 rings (SSSR count). The Kier molecular flexibility index (Phi) is 2.73. The molecule has 0 aromatic carbocycles. The number of rotatable bonds is 4. The van der Waals surface area contributed by atoms with Crippen molar-refractivity contribution in [1.29, 1.82) is 0 Å². The molecule has 0 spiro atoms. The van der Waals surface area contributed by atoms with Gasteiger partial charge >= 0.3 is 0 Å². The Morgan fingerprint density at radius 2 is 2.31 bits per heavy atom. The molecule has 13 heavy (non-hydrogen) atoms. The van der Waals surface area contributed by atoms with Crippen LogP contribution in [0.3, 0.4) is 0 Å². The first-order valence-corrected chi connectivity index (χ1v) is 5.75. The minimum absolute atomic E-state index is 0.678. The van der Waals surface area contributed by atoms with Gasteiger partial charge in [-0.3, -0.25) is 0 Å². The number of nitrogens with one attached hydrogen (secondary N) is 1. The zero-order chi connectivity index (χ0) is 9.15. The van der Waals surface area contributed by atoms with Gasteiger partial charge in [0.25, 0.3) is 0 Å². The molecule has 0 heterocycles. The Hall–Kier alpha value is -0.300. The maximum atomic E-state index is 3.69. The summed E-state index contributed by atoms with van der Waals surface area (Å²) in [7, 11) is 0. The second kappa shape index (κ2) is 3.83. The molecule has 0 bridgehead atoms. The fourth-order valence-electron chi connectivity index (χ4n) is 2.16. The molecule has 1 heteroatoms. The fourth-order valence-corrected chi connectivity index (χ4v) is 2.16. The Balaban J connectivity index is 1.72. The minimum atomic E-state index is 0.678. The van der Waals surface area contributed by atoms with Crippen molar-refractivity contribution < 1.29 is 0 Å². The average molecular weight is 179 g/mol. The van der Waals surface area contributed by atoms with Crippen molar-refractivity contribution in [2.24, 2.45) is 5.41 Å². The molecule has 0 saturated heterocycles. The molecule has 0 amide bonds. The quantitative estimate of drug-likeness (QED) is 0.654. The molecule has 0 aromatic heterocycles. The van der Waals surface area contributed by atoms with Gasteiger partial charge in [0.2, 0.25) is 0 Å². The fraction of sp³-hybridized carbons (Fsp3) is 0.833. The summed E-state index contributed by atoms with van der Waals surface area (Å²) in [5.41, 5.74) is 0.700. The molecule has 1 unspecified atom stereocenters. The number of hydrogen-bond acceptors (Lipinski definition) is 1. The molecule has 1 N–H and O–H groups in total. The van der Waals surface area contributed by atoms with Crippen LogP contribution < -0.4 is 5.32 Å². The summed E-state index contributed by atoms with van der Waals surface area (Å²) in [4.78, 5) is 0.